The largest absolute Gasteiger partial charge is 0.331 e. The number of benzene rings is 1. The molecule has 0 unspecified atom stereocenters. The Hall–Kier alpha value is -2.65. The van der Waals surface area contributed by atoms with Crippen molar-refractivity contribution < 1.29 is 9.59 Å². The Morgan fingerprint density at radius 3 is 1.68 bits per heavy atom. The number of nitrogens with one attached hydrogen (secondary N) is 4. The summed E-state index contributed by atoms with van der Waals surface area (Å²) in [7, 11) is 0. The van der Waals surface area contributed by atoms with Crippen LogP contribution >= 0.6 is 0 Å². The smallest absolute Gasteiger partial charge is 0.290 e. The molecule has 0 spiro atoms. The molecule has 0 fully saturated rings. The Bertz CT molecular complexity index is 688. The van der Waals surface area contributed by atoms with E-state index >= 15 is 0 Å². The molecule has 22 heavy (non-hydrogen) atoms. The Kier molecular flexibility index (Phi) is 4.92. The second-order valence-corrected chi connectivity index (χ2v) is 4.66. The average molecular weight is 306 g/mol. The number of para-hydroxylation sites is 2. The number of nitrogens with zero attached hydrogens (tertiary/aromatic N) is 2. The number of amides is 2. The molecule has 9 nitrogen and oxygen atoms in total. The van der Waals surface area contributed by atoms with E-state index in [1.807, 2.05) is 12.1 Å². The van der Waals surface area contributed by atoms with Gasteiger partial charge in [-0.2, -0.15) is 0 Å². The summed E-state index contributed by atoms with van der Waals surface area (Å²) in [4.78, 5) is 34.2. The number of hydrogen-bond donors (Lipinski definition) is 4. The van der Waals surface area contributed by atoms with E-state index in [4.69, 9.17) is 0 Å². The molecule has 1 aromatic heterocycles. The number of aromatic nitrogens is 2. The molecule has 2 aromatic rings. The van der Waals surface area contributed by atoms with Crippen LogP contribution in [-0.4, -0.2) is 20.9 Å². The van der Waals surface area contributed by atoms with Crippen LogP contribution < -0.4 is 27.4 Å². The first-order valence-corrected chi connectivity index (χ1v) is 6.67. The van der Waals surface area contributed by atoms with Crippen molar-refractivity contribution in [3.05, 3.63) is 34.7 Å². The van der Waals surface area contributed by atoms with Crippen LogP contribution in [0, 0.1) is 0 Å². The molecule has 0 aliphatic heterocycles. The maximum absolute atomic E-state index is 12.5. The topological polar surface area (TPSA) is 109 Å². The van der Waals surface area contributed by atoms with Crippen LogP contribution in [0.15, 0.2) is 29.1 Å². The third-order valence-electron chi connectivity index (χ3n) is 2.93. The van der Waals surface area contributed by atoms with Crippen molar-refractivity contribution in [1.82, 2.24) is 30.8 Å². The van der Waals surface area contributed by atoms with Gasteiger partial charge < -0.3 is 0 Å². The van der Waals surface area contributed by atoms with Crippen LogP contribution in [0.4, 0.5) is 0 Å². The molecule has 0 saturated carbocycles. The molecule has 0 atom stereocenters. The molecule has 118 valence electrons. The predicted molar refractivity (Wildman–Crippen MR) is 80.1 cm³/mol. The van der Waals surface area contributed by atoms with E-state index in [2.05, 4.69) is 21.7 Å². The minimum atomic E-state index is -0.267. The summed E-state index contributed by atoms with van der Waals surface area (Å²) in [5, 5.41) is 0. The van der Waals surface area contributed by atoms with Gasteiger partial charge in [0.1, 0.15) is 0 Å². The molecule has 0 bridgehead atoms. The summed E-state index contributed by atoms with van der Waals surface area (Å²) in [6.45, 7) is 3.00. The molecular formula is C13H18N6O3. The first-order valence-electron chi connectivity index (χ1n) is 6.67. The molecule has 1 aromatic carbocycles. The number of imidazole rings is 1. The fourth-order valence-electron chi connectivity index (χ4n) is 2.06. The third-order valence-corrected chi connectivity index (χ3v) is 2.93. The van der Waals surface area contributed by atoms with Gasteiger partial charge >= 0.3 is 5.69 Å². The van der Waals surface area contributed by atoms with Gasteiger partial charge in [-0.15, -0.1) is 0 Å². The van der Waals surface area contributed by atoms with E-state index in [1.54, 1.807) is 12.1 Å². The average Bonchev–Trinajstić information content (AvgIpc) is 2.72. The van der Waals surface area contributed by atoms with Gasteiger partial charge in [-0.3, -0.25) is 29.6 Å². The van der Waals surface area contributed by atoms with Gasteiger partial charge in [0.2, 0.25) is 11.8 Å². The van der Waals surface area contributed by atoms with Crippen LogP contribution in [-0.2, 0) is 22.9 Å². The number of fused-ring (bicyclic) bond motifs is 1. The van der Waals surface area contributed by atoms with E-state index in [-0.39, 0.29) is 30.8 Å². The van der Waals surface area contributed by atoms with Gasteiger partial charge in [0.05, 0.1) is 24.4 Å². The number of carbonyl (C=O) groups excluding carboxylic acids is 2. The molecular weight excluding hydrogens is 288 g/mol. The molecule has 4 N–H and O–H groups in total. The first-order chi connectivity index (χ1) is 10.5. The van der Waals surface area contributed by atoms with Crippen molar-refractivity contribution in [1.29, 1.82) is 0 Å². The van der Waals surface area contributed by atoms with Crippen molar-refractivity contribution in [2.75, 3.05) is 0 Å². The van der Waals surface area contributed by atoms with Crippen LogP contribution in [0.3, 0.4) is 0 Å². The summed E-state index contributed by atoms with van der Waals surface area (Å²) >= 11 is 0. The Morgan fingerprint density at radius 2 is 1.32 bits per heavy atom. The summed E-state index contributed by atoms with van der Waals surface area (Å²) in [6.07, 6.45) is 0. The zero-order valence-electron chi connectivity index (χ0n) is 12.3. The Labute approximate surface area is 126 Å². The molecule has 0 aliphatic rings. The van der Waals surface area contributed by atoms with Crippen LogP contribution in [0.5, 0.6) is 0 Å². The lowest BCUT2D eigenvalue weighted by Gasteiger charge is -2.06. The van der Waals surface area contributed by atoms with Crippen molar-refractivity contribution in [3.8, 4) is 0 Å². The zero-order chi connectivity index (χ0) is 16.1. The fraction of sp³-hybridized carbons (Fsp3) is 0.308. The van der Waals surface area contributed by atoms with E-state index in [0.29, 0.717) is 0 Å². The first kappa shape index (κ1) is 15.7. The van der Waals surface area contributed by atoms with Crippen molar-refractivity contribution in [3.63, 3.8) is 0 Å². The van der Waals surface area contributed by atoms with E-state index in [0.717, 1.165) is 11.0 Å². The molecule has 0 radical (unpaired) electrons. The number of rotatable bonds is 6. The van der Waals surface area contributed by atoms with Crippen molar-refractivity contribution in [2.45, 2.75) is 27.2 Å². The second kappa shape index (κ2) is 6.87. The lowest BCUT2D eigenvalue weighted by Crippen LogP contribution is -2.42. The molecule has 0 saturated heterocycles. The number of hydrazine groups is 2. The van der Waals surface area contributed by atoms with E-state index in [9.17, 15) is 14.4 Å². The highest BCUT2D eigenvalue weighted by molar-refractivity contribution is 5.76. The van der Waals surface area contributed by atoms with Crippen LogP contribution in [0.2, 0.25) is 0 Å². The maximum atomic E-state index is 12.5. The summed E-state index contributed by atoms with van der Waals surface area (Å²) in [5.41, 5.74) is 11.4. The predicted octanol–water partition coefficient (Wildman–Crippen LogP) is -1.00. The highest BCUT2D eigenvalue weighted by Gasteiger charge is 2.12. The lowest BCUT2D eigenvalue weighted by atomic mass is 10.3. The number of carbonyl (C=O) groups is 2. The monoisotopic (exact) mass is 306 g/mol. The van der Waals surface area contributed by atoms with E-state index in [1.165, 1.54) is 23.0 Å². The Morgan fingerprint density at radius 1 is 0.909 bits per heavy atom. The number of hydrogen-bond acceptors (Lipinski definition) is 5. The highest BCUT2D eigenvalue weighted by Crippen LogP contribution is 2.11. The summed E-state index contributed by atoms with van der Waals surface area (Å²) in [5.74, 6) is -0.492. The zero-order valence-corrected chi connectivity index (χ0v) is 12.3. The summed E-state index contributed by atoms with van der Waals surface area (Å²) < 4.78 is 2.97. The van der Waals surface area contributed by atoms with Crippen molar-refractivity contribution in [2.24, 2.45) is 0 Å². The van der Waals surface area contributed by atoms with Gasteiger partial charge in [-0.25, -0.2) is 15.6 Å². The molecule has 1 heterocycles. The lowest BCUT2D eigenvalue weighted by molar-refractivity contribution is -0.120. The maximum Gasteiger partial charge on any atom is 0.331 e. The standard InChI is InChI=1S/C13H18N6O3/c1-9(20)16-14-7-18-11-5-3-4-6-12(11)19(13(18)22)8-15-17-10(2)21/h3-6,14-15H,7-8H2,1-2H3,(H,16,20)(H,17,21). The van der Waals surface area contributed by atoms with Crippen molar-refractivity contribution >= 4 is 22.8 Å². The molecule has 0 aliphatic carbocycles. The quantitative estimate of drug-likeness (QED) is 0.512. The minimum Gasteiger partial charge on any atom is -0.290 e. The van der Waals surface area contributed by atoms with Gasteiger partial charge in [-0.1, -0.05) is 12.1 Å². The van der Waals surface area contributed by atoms with Gasteiger partial charge in [-0.05, 0) is 12.1 Å². The summed E-state index contributed by atoms with van der Waals surface area (Å²) in [6, 6.07) is 7.26. The normalized spacial score (nSPS) is 10.6. The molecule has 2 rings (SSSR count). The van der Waals surface area contributed by atoms with E-state index < -0.39 is 0 Å². The van der Waals surface area contributed by atoms with Gasteiger partial charge in [0, 0.05) is 13.8 Å². The molecule has 9 heteroatoms. The Balaban J connectivity index is 2.28. The second-order valence-electron chi connectivity index (χ2n) is 4.66. The highest BCUT2D eigenvalue weighted by atomic mass is 16.2. The van der Waals surface area contributed by atoms with Crippen LogP contribution in [0.25, 0.3) is 11.0 Å². The SMILES string of the molecule is CC(=O)NNCn1c(=O)n(CNNC(C)=O)c2ccccc21. The molecule has 2 amide bonds. The van der Waals surface area contributed by atoms with Gasteiger partial charge in [0.15, 0.2) is 0 Å². The minimum absolute atomic E-state index is 0.131. The van der Waals surface area contributed by atoms with Gasteiger partial charge in [0.25, 0.3) is 0 Å². The third kappa shape index (κ3) is 3.51. The fourth-order valence-corrected chi connectivity index (χ4v) is 2.06. The van der Waals surface area contributed by atoms with Crippen LogP contribution in [0.1, 0.15) is 13.8 Å².